The molecule has 2 aromatic heterocycles. The minimum atomic E-state index is -0.567. The first kappa shape index (κ1) is 17.8. The van der Waals surface area contributed by atoms with Crippen molar-refractivity contribution in [1.29, 1.82) is 5.26 Å². The lowest BCUT2D eigenvalue weighted by Crippen LogP contribution is -2.13. The molecule has 0 unspecified atom stereocenters. The highest BCUT2D eigenvalue weighted by Gasteiger charge is 2.14. The molecule has 2 heterocycles. The molecule has 9 heteroatoms. The molecule has 1 amide bonds. The van der Waals surface area contributed by atoms with Crippen LogP contribution in [0.1, 0.15) is 5.69 Å². The lowest BCUT2D eigenvalue weighted by Gasteiger charge is -2.07. The Bertz CT molecular complexity index is 1000. The van der Waals surface area contributed by atoms with Gasteiger partial charge in [0.2, 0.25) is 10.3 Å². The van der Waals surface area contributed by atoms with Crippen LogP contribution in [0.25, 0.3) is 11.8 Å². The molecular weight excluding hydrogens is 373 g/mol. The smallest absolute Gasteiger partial charge is 0.268 e. The predicted molar refractivity (Wildman–Crippen MR) is 99.6 cm³/mol. The number of hydrogen-bond acceptors (Lipinski definition) is 6. The summed E-state index contributed by atoms with van der Waals surface area (Å²) in [6.45, 7) is 0. The Morgan fingerprint density at radius 2 is 2.15 bits per heavy atom. The Kier molecular flexibility index (Phi) is 5.46. The normalized spacial score (nSPS) is 11.2. The maximum absolute atomic E-state index is 13.1. The summed E-state index contributed by atoms with van der Waals surface area (Å²) in [5.41, 5.74) is 1.26. The number of nitriles is 1. The van der Waals surface area contributed by atoms with Gasteiger partial charge >= 0.3 is 0 Å². The molecule has 130 valence electrons. The van der Waals surface area contributed by atoms with Crippen LogP contribution in [0.4, 0.5) is 9.52 Å². The first-order valence-electron chi connectivity index (χ1n) is 7.35. The minimum absolute atomic E-state index is 0.0760. The highest BCUT2D eigenvalue weighted by atomic mass is 32.2. The van der Waals surface area contributed by atoms with E-state index in [1.54, 1.807) is 35.0 Å². The molecule has 6 nitrogen and oxygen atoms in total. The quantitative estimate of drug-likeness (QED) is 0.411. The second-order valence-electron chi connectivity index (χ2n) is 4.99. The van der Waals surface area contributed by atoms with E-state index in [1.807, 2.05) is 12.3 Å². The summed E-state index contributed by atoms with van der Waals surface area (Å²) in [6, 6.07) is 11.3. The van der Waals surface area contributed by atoms with Gasteiger partial charge in [0, 0.05) is 29.1 Å². The molecule has 0 radical (unpaired) electrons. The number of nitrogens with zero attached hydrogens (tertiary/aromatic N) is 4. The summed E-state index contributed by atoms with van der Waals surface area (Å²) in [5.74, 6) is -0.903. The summed E-state index contributed by atoms with van der Waals surface area (Å²) in [4.78, 5) is 16.4. The van der Waals surface area contributed by atoms with Crippen molar-refractivity contribution in [1.82, 2.24) is 13.9 Å². The Hall–Kier alpha value is -2.96. The third kappa shape index (κ3) is 3.99. The highest BCUT2D eigenvalue weighted by molar-refractivity contribution is 7.98. The van der Waals surface area contributed by atoms with E-state index in [0.29, 0.717) is 21.7 Å². The second-order valence-corrected chi connectivity index (χ2v) is 6.51. The number of hydrogen-bond donors (Lipinski definition) is 1. The molecule has 3 rings (SSSR count). The molecule has 0 aliphatic carbocycles. The lowest BCUT2D eigenvalue weighted by atomic mass is 10.2. The summed E-state index contributed by atoms with van der Waals surface area (Å²) in [5, 5.41) is 12.8. The second kappa shape index (κ2) is 7.95. The van der Waals surface area contributed by atoms with Gasteiger partial charge < -0.3 is 4.57 Å². The summed E-state index contributed by atoms with van der Waals surface area (Å²) in [6.07, 6.45) is 5.06. The lowest BCUT2D eigenvalue weighted by molar-refractivity contribution is -0.112. The molecule has 0 aliphatic rings. The van der Waals surface area contributed by atoms with Gasteiger partial charge in [0.25, 0.3) is 5.91 Å². The molecule has 0 saturated heterocycles. The van der Waals surface area contributed by atoms with Crippen LogP contribution in [0, 0.1) is 17.1 Å². The van der Waals surface area contributed by atoms with Crippen molar-refractivity contribution in [3.05, 3.63) is 59.7 Å². The minimum Gasteiger partial charge on any atom is -0.317 e. The van der Waals surface area contributed by atoms with Crippen LogP contribution in [0.2, 0.25) is 0 Å². The van der Waals surface area contributed by atoms with Crippen molar-refractivity contribution in [2.45, 2.75) is 5.16 Å². The fourth-order valence-electron chi connectivity index (χ4n) is 2.15. The molecule has 0 bridgehead atoms. The van der Waals surface area contributed by atoms with Crippen LogP contribution in [-0.2, 0) is 4.79 Å². The molecular formula is C17H12FN5OS2. The van der Waals surface area contributed by atoms with Crippen LogP contribution < -0.4 is 5.32 Å². The number of benzene rings is 1. The maximum Gasteiger partial charge on any atom is 0.268 e. The molecule has 0 fully saturated rings. The van der Waals surface area contributed by atoms with Gasteiger partial charge in [-0.15, -0.1) is 0 Å². The number of halogens is 1. The molecule has 26 heavy (non-hydrogen) atoms. The Balaban J connectivity index is 1.85. The maximum atomic E-state index is 13.1. The fraction of sp³-hybridized carbons (Fsp3) is 0.0588. The van der Waals surface area contributed by atoms with Crippen molar-refractivity contribution < 1.29 is 9.18 Å². The van der Waals surface area contributed by atoms with E-state index in [2.05, 4.69) is 14.7 Å². The number of carbonyl (C=O) groups excluding carboxylic acids is 1. The van der Waals surface area contributed by atoms with E-state index in [4.69, 9.17) is 0 Å². The van der Waals surface area contributed by atoms with Crippen molar-refractivity contribution in [2.24, 2.45) is 0 Å². The molecule has 0 spiro atoms. The number of thioether (sulfide) groups is 1. The van der Waals surface area contributed by atoms with Gasteiger partial charge in [0.05, 0.1) is 0 Å². The monoisotopic (exact) mass is 385 g/mol. The van der Waals surface area contributed by atoms with E-state index in [0.717, 1.165) is 11.5 Å². The average molecular weight is 385 g/mol. The van der Waals surface area contributed by atoms with Gasteiger partial charge in [0.15, 0.2) is 0 Å². The Morgan fingerprint density at radius 1 is 1.38 bits per heavy atom. The molecule has 0 atom stereocenters. The number of amides is 1. The van der Waals surface area contributed by atoms with Crippen LogP contribution in [0.5, 0.6) is 0 Å². The van der Waals surface area contributed by atoms with Gasteiger partial charge in [-0.1, -0.05) is 11.8 Å². The highest BCUT2D eigenvalue weighted by Crippen LogP contribution is 2.20. The number of aromatic nitrogens is 3. The zero-order chi connectivity index (χ0) is 18.5. The van der Waals surface area contributed by atoms with Gasteiger partial charge in [0.1, 0.15) is 17.5 Å². The molecule has 1 aromatic carbocycles. The van der Waals surface area contributed by atoms with Gasteiger partial charge in [-0.3, -0.25) is 10.1 Å². The molecule has 0 aliphatic heterocycles. The third-order valence-corrected chi connectivity index (χ3v) is 4.65. The Morgan fingerprint density at radius 3 is 2.81 bits per heavy atom. The van der Waals surface area contributed by atoms with Gasteiger partial charge in [-0.25, -0.2) is 4.39 Å². The zero-order valence-corrected chi connectivity index (χ0v) is 15.1. The average Bonchev–Trinajstić information content (AvgIpc) is 3.29. The van der Waals surface area contributed by atoms with E-state index in [1.165, 1.54) is 30.0 Å². The Labute approximate surface area is 157 Å². The fourth-order valence-corrected chi connectivity index (χ4v) is 3.27. The third-order valence-electron chi connectivity index (χ3n) is 3.35. The van der Waals surface area contributed by atoms with Gasteiger partial charge in [-0.2, -0.15) is 14.6 Å². The van der Waals surface area contributed by atoms with Crippen molar-refractivity contribution >= 4 is 40.4 Å². The van der Waals surface area contributed by atoms with Crippen LogP contribution in [0.3, 0.4) is 0 Å². The number of carbonyl (C=O) groups is 1. The van der Waals surface area contributed by atoms with E-state index >= 15 is 0 Å². The first-order chi connectivity index (χ1) is 12.6. The number of rotatable bonds is 5. The van der Waals surface area contributed by atoms with Crippen LogP contribution in [-0.4, -0.2) is 26.1 Å². The summed E-state index contributed by atoms with van der Waals surface area (Å²) in [7, 11) is 0. The SMILES string of the molecule is CSc1nsc(NC(=O)/C(C#N)=C\c2cccn2-c2ccc(F)cc2)n1. The summed E-state index contributed by atoms with van der Waals surface area (Å²) >= 11 is 2.41. The topological polar surface area (TPSA) is 83.6 Å². The molecule has 1 N–H and O–H groups in total. The predicted octanol–water partition coefficient (Wildman–Crippen LogP) is 3.74. The van der Waals surface area contributed by atoms with Crippen LogP contribution >= 0.6 is 23.3 Å². The van der Waals surface area contributed by atoms with E-state index in [9.17, 15) is 14.4 Å². The van der Waals surface area contributed by atoms with Crippen molar-refractivity contribution in [3.63, 3.8) is 0 Å². The first-order valence-corrected chi connectivity index (χ1v) is 9.34. The van der Waals surface area contributed by atoms with E-state index in [-0.39, 0.29) is 11.4 Å². The molecule has 0 saturated carbocycles. The van der Waals surface area contributed by atoms with Crippen LogP contribution in [0.15, 0.2) is 53.3 Å². The van der Waals surface area contributed by atoms with E-state index < -0.39 is 5.91 Å². The zero-order valence-electron chi connectivity index (χ0n) is 13.5. The number of nitrogens with one attached hydrogen (secondary N) is 1. The van der Waals surface area contributed by atoms with Crippen molar-refractivity contribution in [3.8, 4) is 11.8 Å². The molecule has 3 aromatic rings. The largest absolute Gasteiger partial charge is 0.317 e. The number of anilines is 1. The standard InChI is InChI=1S/C17H12FN5OS2/c1-25-17-21-16(26-22-17)20-15(24)11(10-19)9-14-3-2-8-23(14)13-6-4-12(18)5-7-13/h2-9H,1H3,(H,20,21,22,24)/b11-9-. The van der Waals surface area contributed by atoms with Gasteiger partial charge in [-0.05, 0) is 48.7 Å². The summed E-state index contributed by atoms with van der Waals surface area (Å²) < 4.78 is 18.9. The van der Waals surface area contributed by atoms with Crippen molar-refractivity contribution in [2.75, 3.05) is 11.6 Å².